The molecule has 2 bridgehead atoms. The van der Waals surface area contributed by atoms with Gasteiger partial charge in [0.25, 0.3) is 5.91 Å². The molecule has 304 valence electrons. The Bertz CT molecular complexity index is 2200. The summed E-state index contributed by atoms with van der Waals surface area (Å²) in [6.45, 7) is 7.38. The first-order valence-electron chi connectivity index (χ1n) is 20.3. The highest BCUT2D eigenvalue weighted by Crippen LogP contribution is 2.31. The molecule has 12 heteroatoms. The first-order chi connectivity index (χ1) is 28.2. The average Bonchev–Trinajstić information content (AvgIpc) is 3.25. The fourth-order valence-corrected chi connectivity index (χ4v) is 8.07. The number of rotatable bonds is 17. The summed E-state index contributed by atoms with van der Waals surface area (Å²) in [5.74, 6) is 1.01. The molecule has 0 saturated carbocycles. The van der Waals surface area contributed by atoms with Crippen LogP contribution in [0, 0.1) is 5.92 Å². The number of aliphatic hydroxyl groups excluding tert-OH is 1. The highest BCUT2D eigenvalue weighted by Gasteiger charge is 2.37. The third-order valence-corrected chi connectivity index (χ3v) is 11.4. The van der Waals surface area contributed by atoms with Crippen LogP contribution < -0.4 is 20.9 Å². The summed E-state index contributed by atoms with van der Waals surface area (Å²) in [6.07, 6.45) is 2.41. The summed E-state index contributed by atoms with van der Waals surface area (Å²) < 4.78 is 12.2. The summed E-state index contributed by atoms with van der Waals surface area (Å²) >= 11 is 0. The van der Waals surface area contributed by atoms with E-state index in [9.17, 15) is 24.6 Å². The van der Waals surface area contributed by atoms with Gasteiger partial charge < -0.3 is 40.2 Å². The number of carbonyl (C=O) groups excluding carboxylic acids is 2. The van der Waals surface area contributed by atoms with Crippen molar-refractivity contribution in [3.05, 3.63) is 141 Å². The molecule has 5 N–H and O–H groups in total. The second kappa shape index (κ2) is 19.2. The molecule has 2 amide bonds. The van der Waals surface area contributed by atoms with Gasteiger partial charge in [-0.25, -0.2) is 4.79 Å². The summed E-state index contributed by atoms with van der Waals surface area (Å²) in [5.41, 5.74) is 3.96. The van der Waals surface area contributed by atoms with Crippen molar-refractivity contribution in [3.8, 4) is 11.5 Å². The molecular formula is C46H53N5O7. The number of piperidine rings is 3. The number of hydrogen-bond donors (Lipinski definition) is 5. The van der Waals surface area contributed by atoms with Crippen molar-refractivity contribution in [1.82, 2.24) is 25.4 Å². The number of nitrogens with one attached hydrogen (secondary N) is 3. The van der Waals surface area contributed by atoms with Crippen molar-refractivity contribution < 1.29 is 29.3 Å². The largest absolute Gasteiger partial charge is 0.506 e. The number of pyridine rings is 1. The number of benzene rings is 4. The fourth-order valence-electron chi connectivity index (χ4n) is 8.07. The molecule has 2 unspecified atom stereocenters. The van der Waals surface area contributed by atoms with Gasteiger partial charge in [0.05, 0.1) is 17.7 Å². The van der Waals surface area contributed by atoms with Gasteiger partial charge >= 0.3 is 6.09 Å². The number of hydrogen-bond acceptors (Lipinski definition) is 9. The highest BCUT2D eigenvalue weighted by molar-refractivity contribution is 5.94. The van der Waals surface area contributed by atoms with Crippen LogP contribution in [0.2, 0.25) is 0 Å². The molecule has 3 atom stereocenters. The summed E-state index contributed by atoms with van der Waals surface area (Å²) in [6, 6.07) is 30.8. The van der Waals surface area contributed by atoms with Crippen molar-refractivity contribution in [1.29, 1.82) is 0 Å². The molecule has 12 nitrogen and oxygen atoms in total. The van der Waals surface area contributed by atoms with Crippen LogP contribution in [0.1, 0.15) is 77.4 Å². The van der Waals surface area contributed by atoms with Crippen LogP contribution in [-0.4, -0.2) is 88.9 Å². The quantitative estimate of drug-likeness (QED) is 0.0684. The van der Waals surface area contributed by atoms with Gasteiger partial charge in [0.2, 0.25) is 5.56 Å². The lowest BCUT2D eigenvalue weighted by Gasteiger charge is -2.43. The number of alkyl carbamates (subject to hydrolysis) is 1. The first kappa shape index (κ1) is 40.5. The minimum absolute atomic E-state index is 0.0326. The molecule has 3 saturated heterocycles. The molecule has 4 heterocycles. The van der Waals surface area contributed by atoms with E-state index >= 15 is 0 Å². The lowest BCUT2D eigenvalue weighted by Crippen LogP contribution is -2.52. The van der Waals surface area contributed by atoms with Gasteiger partial charge in [-0.15, -0.1) is 0 Å². The minimum Gasteiger partial charge on any atom is -0.506 e. The van der Waals surface area contributed by atoms with Crippen molar-refractivity contribution in [3.63, 3.8) is 0 Å². The van der Waals surface area contributed by atoms with Crippen molar-refractivity contribution >= 4 is 22.9 Å². The minimum atomic E-state index is -0.827. The van der Waals surface area contributed by atoms with Gasteiger partial charge in [-0.1, -0.05) is 60.7 Å². The van der Waals surface area contributed by atoms with Crippen LogP contribution in [0.3, 0.4) is 0 Å². The monoisotopic (exact) mass is 787 g/mol. The average molecular weight is 788 g/mol. The van der Waals surface area contributed by atoms with Gasteiger partial charge in [0, 0.05) is 43.2 Å². The van der Waals surface area contributed by atoms with Crippen LogP contribution in [0.4, 0.5) is 4.79 Å². The molecule has 8 rings (SSSR count). The Morgan fingerprint density at radius 3 is 2.45 bits per heavy atom. The Morgan fingerprint density at radius 1 is 0.931 bits per heavy atom. The summed E-state index contributed by atoms with van der Waals surface area (Å²) in [4.78, 5) is 45.2. The van der Waals surface area contributed by atoms with E-state index in [0.29, 0.717) is 66.5 Å². The van der Waals surface area contributed by atoms with Crippen LogP contribution in [0.15, 0.2) is 108 Å². The van der Waals surface area contributed by atoms with Gasteiger partial charge in [-0.05, 0) is 117 Å². The molecule has 3 fully saturated rings. The standard InChI is InChI=1S/C46H53N5O7/c1-2-51(24-7-6-23-47-28-40(53)37-17-19-39(52)44-38(37)18-20-42(54)48-44)45(55)34-15-13-31(14-16-34)30-57-36-12-8-11-35(27-36)43(33-9-4-3-5-10-33)49-46(56)58-41-29-50-25-21-32(41)22-26-50/h3-5,8-20,27,32,40-41,43,47,52-53H,2,6-7,21-26,28-30H2,1H3,(H,48,54)(H,49,56)/t40?,41?,43-/m0/s1. The summed E-state index contributed by atoms with van der Waals surface area (Å²) in [7, 11) is 0. The maximum atomic E-state index is 13.4. The number of aromatic nitrogens is 1. The molecule has 5 aromatic rings. The number of phenols is 1. The number of aromatic hydroxyl groups is 1. The normalized spacial score (nSPS) is 18.3. The zero-order valence-corrected chi connectivity index (χ0v) is 32.9. The van der Waals surface area contributed by atoms with E-state index in [0.717, 1.165) is 62.0 Å². The number of H-pyrrole nitrogens is 1. The third kappa shape index (κ3) is 10.1. The number of aliphatic hydroxyl groups is 1. The molecular weight excluding hydrogens is 735 g/mol. The lowest BCUT2D eigenvalue weighted by molar-refractivity contribution is -0.0336. The van der Waals surface area contributed by atoms with E-state index in [4.69, 9.17) is 9.47 Å². The second-order valence-corrected chi connectivity index (χ2v) is 15.2. The predicted molar refractivity (Wildman–Crippen MR) is 223 cm³/mol. The summed E-state index contributed by atoms with van der Waals surface area (Å²) in [5, 5.41) is 27.9. The molecule has 0 spiro atoms. The van der Waals surface area contributed by atoms with E-state index < -0.39 is 18.2 Å². The van der Waals surface area contributed by atoms with E-state index in [1.807, 2.05) is 90.7 Å². The number of unbranched alkanes of at least 4 members (excludes halogenated alkanes) is 1. The molecule has 58 heavy (non-hydrogen) atoms. The van der Waals surface area contributed by atoms with Gasteiger partial charge in [-0.3, -0.25) is 14.5 Å². The Kier molecular flexibility index (Phi) is 13.4. The third-order valence-electron chi connectivity index (χ3n) is 11.4. The smallest absolute Gasteiger partial charge is 0.408 e. The van der Waals surface area contributed by atoms with Crippen molar-refractivity contribution in [2.24, 2.45) is 5.92 Å². The molecule has 1 aromatic heterocycles. The molecule has 3 aliphatic rings. The van der Waals surface area contributed by atoms with Gasteiger partial charge in [0.15, 0.2) is 0 Å². The van der Waals surface area contributed by atoms with Crippen molar-refractivity contribution in [2.45, 2.75) is 57.5 Å². The van der Waals surface area contributed by atoms with E-state index in [-0.39, 0.29) is 23.3 Å². The molecule has 3 aliphatic heterocycles. The van der Waals surface area contributed by atoms with Gasteiger partial charge in [-0.2, -0.15) is 0 Å². The molecule has 0 aliphatic carbocycles. The number of phenolic OH excluding ortho intramolecular Hbond substituents is 1. The number of carbonyl (C=O) groups is 2. The Hall–Kier alpha value is -5.69. The zero-order valence-electron chi connectivity index (χ0n) is 32.9. The van der Waals surface area contributed by atoms with Crippen LogP contribution in [0.25, 0.3) is 10.9 Å². The van der Waals surface area contributed by atoms with Crippen LogP contribution >= 0.6 is 0 Å². The molecule has 4 aromatic carbocycles. The number of aromatic amines is 1. The maximum Gasteiger partial charge on any atom is 0.408 e. The lowest BCUT2D eigenvalue weighted by atomic mass is 9.86. The number of ether oxygens (including phenoxy) is 2. The topological polar surface area (TPSA) is 156 Å². The number of fused-ring (bicyclic) bond motifs is 4. The predicted octanol–water partition coefficient (Wildman–Crippen LogP) is 6.29. The zero-order chi connectivity index (χ0) is 40.4. The highest BCUT2D eigenvalue weighted by atomic mass is 16.6. The maximum absolute atomic E-state index is 13.4. The van der Waals surface area contributed by atoms with Crippen LogP contribution in [0.5, 0.6) is 11.5 Å². The van der Waals surface area contributed by atoms with Crippen LogP contribution in [-0.2, 0) is 11.3 Å². The fraction of sp³-hybridized carbons (Fsp3) is 0.370. The molecule has 0 radical (unpaired) electrons. The SMILES string of the molecule is CCN(CCCCNCC(O)c1ccc(O)c2[nH]c(=O)ccc12)C(=O)c1ccc(COc2cccc([C@@H](NC(=O)OC3CN4CCC3CC4)c3ccccc3)c2)cc1. The Balaban J connectivity index is 0.874. The van der Waals surface area contributed by atoms with Gasteiger partial charge in [0.1, 0.15) is 24.2 Å². The number of nitrogens with zero attached hydrogens (tertiary/aromatic N) is 2. The Labute approximate surface area is 338 Å². The van der Waals surface area contributed by atoms with E-state index in [1.54, 1.807) is 12.1 Å². The van der Waals surface area contributed by atoms with E-state index in [1.165, 1.54) is 12.1 Å². The number of amides is 2. The second-order valence-electron chi connectivity index (χ2n) is 15.2. The Morgan fingerprint density at radius 2 is 1.71 bits per heavy atom. The van der Waals surface area contributed by atoms with Crippen molar-refractivity contribution in [2.75, 3.05) is 45.8 Å². The van der Waals surface area contributed by atoms with E-state index in [2.05, 4.69) is 20.5 Å². The first-order valence-corrected chi connectivity index (χ1v) is 20.3.